The molecule has 0 radical (unpaired) electrons. The van der Waals surface area contributed by atoms with Gasteiger partial charge in [-0.25, -0.2) is 0 Å². The molecule has 3 N–H and O–H groups in total. The fourth-order valence-corrected chi connectivity index (χ4v) is 2.32. The minimum absolute atomic E-state index is 0.0197. The highest BCUT2D eigenvalue weighted by Crippen LogP contribution is 2.17. The Balaban J connectivity index is 2.20. The van der Waals surface area contributed by atoms with Gasteiger partial charge in [0.05, 0.1) is 0 Å². The molecule has 1 aromatic rings. The van der Waals surface area contributed by atoms with Gasteiger partial charge in [0.1, 0.15) is 6.54 Å². The van der Waals surface area contributed by atoms with Gasteiger partial charge in [-0.1, -0.05) is 0 Å². The number of hydrazine groups is 1. The van der Waals surface area contributed by atoms with Crippen LogP contribution in [0.5, 0.6) is 0 Å². The lowest BCUT2D eigenvalue weighted by Crippen LogP contribution is -2.38. The van der Waals surface area contributed by atoms with Crippen LogP contribution >= 0.6 is 0 Å². The van der Waals surface area contributed by atoms with Crippen LogP contribution in [0.2, 0.25) is 0 Å². The van der Waals surface area contributed by atoms with Gasteiger partial charge in [0.25, 0.3) is 5.91 Å². The van der Waals surface area contributed by atoms with Crippen molar-refractivity contribution in [1.82, 2.24) is 9.80 Å². The van der Waals surface area contributed by atoms with Crippen LogP contribution in [0.3, 0.4) is 0 Å². The highest BCUT2D eigenvalue weighted by Gasteiger charge is 2.24. The van der Waals surface area contributed by atoms with Gasteiger partial charge in [0.2, 0.25) is 5.91 Å². The molecule has 2 rings (SSSR count). The number of rotatable bonds is 2. The van der Waals surface area contributed by atoms with E-state index in [1.54, 1.807) is 29.0 Å². The monoisotopic (exact) mass is 276 g/mol. The summed E-state index contributed by atoms with van der Waals surface area (Å²) in [5.74, 6) is 5.22. The Morgan fingerprint density at radius 3 is 2.75 bits per heavy atom. The van der Waals surface area contributed by atoms with Crippen molar-refractivity contribution in [3.63, 3.8) is 0 Å². The number of nitrogens with zero attached hydrogens (tertiary/aromatic N) is 2. The first-order valence-corrected chi connectivity index (χ1v) is 6.63. The topological polar surface area (TPSA) is 78.7 Å². The third-order valence-corrected chi connectivity index (χ3v) is 3.58. The lowest BCUT2D eigenvalue weighted by atomic mass is 10.1. The van der Waals surface area contributed by atoms with Gasteiger partial charge < -0.3 is 15.2 Å². The molecular formula is C14H20N4O2. The zero-order valence-corrected chi connectivity index (χ0v) is 11.8. The van der Waals surface area contributed by atoms with Crippen molar-refractivity contribution >= 4 is 17.5 Å². The maximum atomic E-state index is 12.5. The smallest absolute Gasteiger partial charge is 0.254 e. The molecule has 1 saturated heterocycles. The molecule has 1 heterocycles. The van der Waals surface area contributed by atoms with E-state index in [1.807, 2.05) is 13.0 Å². The zero-order valence-electron chi connectivity index (χ0n) is 11.8. The second kappa shape index (κ2) is 5.92. The maximum absolute atomic E-state index is 12.5. The standard InChI is InChI=1S/C14H20N4O2/c1-10-8-11(16-15)4-5-12(10)14(20)18-7-3-6-17(2)13(19)9-18/h4-5,8,16H,3,6-7,9,15H2,1-2H3. The van der Waals surface area contributed by atoms with Gasteiger partial charge in [0, 0.05) is 31.4 Å². The Labute approximate surface area is 118 Å². The number of benzene rings is 1. The zero-order chi connectivity index (χ0) is 14.7. The number of amides is 2. The quantitative estimate of drug-likeness (QED) is 0.612. The number of hydrogen-bond acceptors (Lipinski definition) is 4. The summed E-state index contributed by atoms with van der Waals surface area (Å²) >= 11 is 0. The van der Waals surface area contributed by atoms with Crippen molar-refractivity contribution < 1.29 is 9.59 Å². The summed E-state index contributed by atoms with van der Waals surface area (Å²) in [6.45, 7) is 3.30. The molecule has 1 aliphatic rings. The maximum Gasteiger partial charge on any atom is 0.254 e. The van der Waals surface area contributed by atoms with Gasteiger partial charge in [-0.15, -0.1) is 0 Å². The van der Waals surface area contributed by atoms with Crippen LogP contribution in [0.1, 0.15) is 22.3 Å². The van der Waals surface area contributed by atoms with Gasteiger partial charge in [0.15, 0.2) is 0 Å². The third kappa shape index (κ3) is 2.91. The van der Waals surface area contributed by atoms with Crippen molar-refractivity contribution in [2.24, 2.45) is 5.84 Å². The molecule has 6 nitrogen and oxygen atoms in total. The number of nitrogens with one attached hydrogen (secondary N) is 1. The lowest BCUT2D eigenvalue weighted by Gasteiger charge is -2.21. The number of anilines is 1. The summed E-state index contributed by atoms with van der Waals surface area (Å²) in [7, 11) is 1.77. The summed E-state index contributed by atoms with van der Waals surface area (Å²) < 4.78 is 0. The Morgan fingerprint density at radius 2 is 2.10 bits per heavy atom. The number of nitrogen functional groups attached to an aromatic ring is 1. The van der Waals surface area contributed by atoms with E-state index in [9.17, 15) is 9.59 Å². The van der Waals surface area contributed by atoms with Crippen LogP contribution in [0.4, 0.5) is 5.69 Å². The molecule has 0 saturated carbocycles. The van der Waals surface area contributed by atoms with Crippen LogP contribution in [0.25, 0.3) is 0 Å². The molecule has 1 fully saturated rings. The van der Waals surface area contributed by atoms with Crippen molar-refractivity contribution in [1.29, 1.82) is 0 Å². The Kier molecular flexibility index (Phi) is 4.24. The molecule has 2 amide bonds. The normalized spacial score (nSPS) is 16.1. The number of likely N-dealkylation sites (N-methyl/N-ethyl adjacent to an activating group) is 1. The number of nitrogens with two attached hydrogens (primary N) is 1. The number of carbonyl (C=O) groups excluding carboxylic acids is 2. The average molecular weight is 276 g/mol. The summed E-state index contributed by atoms with van der Waals surface area (Å²) in [5, 5.41) is 0. The molecule has 108 valence electrons. The van der Waals surface area contributed by atoms with Gasteiger partial charge in [-0.05, 0) is 37.1 Å². The van der Waals surface area contributed by atoms with E-state index in [4.69, 9.17) is 5.84 Å². The van der Waals surface area contributed by atoms with Crippen molar-refractivity contribution in [2.45, 2.75) is 13.3 Å². The molecular weight excluding hydrogens is 256 g/mol. The average Bonchev–Trinajstić information content (AvgIpc) is 2.60. The minimum Gasteiger partial charge on any atom is -0.344 e. The molecule has 1 aliphatic heterocycles. The first-order chi connectivity index (χ1) is 9.52. The van der Waals surface area contributed by atoms with E-state index in [0.717, 1.165) is 17.7 Å². The Hall–Kier alpha value is -2.08. The molecule has 0 aromatic heterocycles. The molecule has 6 heteroatoms. The SMILES string of the molecule is Cc1cc(NN)ccc1C(=O)N1CCCN(C)C(=O)C1. The second-order valence-electron chi connectivity index (χ2n) is 5.07. The van der Waals surface area contributed by atoms with E-state index < -0.39 is 0 Å². The Bertz CT molecular complexity index is 530. The van der Waals surface area contributed by atoms with Crippen molar-refractivity contribution in [2.75, 3.05) is 32.1 Å². The van der Waals surface area contributed by atoms with E-state index in [0.29, 0.717) is 18.7 Å². The van der Waals surface area contributed by atoms with Gasteiger partial charge in [-0.3, -0.25) is 15.4 Å². The van der Waals surface area contributed by atoms with E-state index >= 15 is 0 Å². The first-order valence-electron chi connectivity index (χ1n) is 6.63. The number of aryl methyl sites for hydroxylation is 1. The molecule has 20 heavy (non-hydrogen) atoms. The van der Waals surface area contributed by atoms with Crippen LogP contribution in [-0.4, -0.2) is 48.3 Å². The summed E-state index contributed by atoms with van der Waals surface area (Å²) in [6.07, 6.45) is 0.801. The molecule has 1 aromatic carbocycles. The van der Waals surface area contributed by atoms with E-state index in [-0.39, 0.29) is 18.4 Å². The molecule has 0 bridgehead atoms. The predicted molar refractivity (Wildman–Crippen MR) is 77.1 cm³/mol. The Morgan fingerprint density at radius 1 is 1.35 bits per heavy atom. The third-order valence-electron chi connectivity index (χ3n) is 3.58. The second-order valence-corrected chi connectivity index (χ2v) is 5.07. The van der Waals surface area contributed by atoms with E-state index in [1.165, 1.54) is 0 Å². The van der Waals surface area contributed by atoms with Crippen LogP contribution in [0, 0.1) is 6.92 Å². The number of hydrogen-bond donors (Lipinski definition) is 2. The molecule has 0 aliphatic carbocycles. The fraction of sp³-hybridized carbons (Fsp3) is 0.429. The van der Waals surface area contributed by atoms with Crippen molar-refractivity contribution in [3.05, 3.63) is 29.3 Å². The molecule has 0 unspecified atom stereocenters. The summed E-state index contributed by atoms with van der Waals surface area (Å²) in [4.78, 5) is 27.7. The summed E-state index contributed by atoms with van der Waals surface area (Å²) in [6, 6.07) is 5.32. The first kappa shape index (κ1) is 14.3. The fourth-order valence-electron chi connectivity index (χ4n) is 2.32. The van der Waals surface area contributed by atoms with E-state index in [2.05, 4.69) is 5.43 Å². The summed E-state index contributed by atoms with van der Waals surface area (Å²) in [5.41, 5.74) is 4.76. The van der Waals surface area contributed by atoms with Crippen LogP contribution in [-0.2, 0) is 4.79 Å². The number of carbonyl (C=O) groups is 2. The molecule has 0 atom stereocenters. The van der Waals surface area contributed by atoms with Gasteiger partial charge in [-0.2, -0.15) is 0 Å². The van der Waals surface area contributed by atoms with Crippen molar-refractivity contribution in [3.8, 4) is 0 Å². The predicted octanol–water partition coefficient (Wildman–Crippen LogP) is 0.585. The minimum atomic E-state index is -0.102. The highest BCUT2D eigenvalue weighted by molar-refractivity contribution is 5.98. The van der Waals surface area contributed by atoms with Crippen LogP contribution < -0.4 is 11.3 Å². The lowest BCUT2D eigenvalue weighted by molar-refractivity contribution is -0.129. The van der Waals surface area contributed by atoms with Crippen LogP contribution in [0.15, 0.2) is 18.2 Å². The largest absolute Gasteiger partial charge is 0.344 e. The van der Waals surface area contributed by atoms with Gasteiger partial charge >= 0.3 is 0 Å². The molecule has 0 spiro atoms. The highest BCUT2D eigenvalue weighted by atomic mass is 16.2.